The highest BCUT2D eigenvalue weighted by molar-refractivity contribution is 9.10. The van der Waals surface area contributed by atoms with Crippen molar-refractivity contribution in [2.45, 2.75) is 6.92 Å². The Morgan fingerprint density at radius 2 is 2.00 bits per heavy atom. The van der Waals surface area contributed by atoms with E-state index in [2.05, 4.69) is 15.9 Å². The predicted octanol–water partition coefficient (Wildman–Crippen LogP) is 3.63. The summed E-state index contributed by atoms with van der Waals surface area (Å²) < 4.78 is 7.90. The number of hydrogen-bond acceptors (Lipinski definition) is 2. The lowest BCUT2D eigenvalue weighted by molar-refractivity contribution is 0.0527. The highest BCUT2D eigenvalue weighted by Gasteiger charge is 2.17. The van der Waals surface area contributed by atoms with Crippen molar-refractivity contribution in [2.24, 2.45) is 7.05 Å². The van der Waals surface area contributed by atoms with Gasteiger partial charge in [0.15, 0.2) is 0 Å². The smallest absolute Gasteiger partial charge is 0.340 e. The van der Waals surface area contributed by atoms with Crippen LogP contribution in [-0.2, 0) is 11.8 Å². The molecule has 0 aliphatic heterocycles. The molecule has 94 valence electrons. The summed E-state index contributed by atoms with van der Waals surface area (Å²) in [4.78, 5) is 11.9. The summed E-state index contributed by atoms with van der Waals surface area (Å²) >= 11 is 3.50. The van der Waals surface area contributed by atoms with Gasteiger partial charge < -0.3 is 9.30 Å². The number of halogens is 1. The van der Waals surface area contributed by atoms with Crippen molar-refractivity contribution in [2.75, 3.05) is 6.61 Å². The molecule has 1 heterocycles. The van der Waals surface area contributed by atoms with Crippen LogP contribution in [0.4, 0.5) is 0 Å². The quantitative estimate of drug-likeness (QED) is 0.811. The van der Waals surface area contributed by atoms with Gasteiger partial charge in [0.1, 0.15) is 0 Å². The average Bonchev–Trinajstić information content (AvgIpc) is 2.72. The van der Waals surface area contributed by atoms with E-state index < -0.39 is 0 Å². The maximum Gasteiger partial charge on any atom is 0.340 e. The van der Waals surface area contributed by atoms with Crippen molar-refractivity contribution < 1.29 is 9.53 Å². The molecule has 4 heteroatoms. The van der Waals surface area contributed by atoms with Crippen molar-refractivity contribution in [3.63, 3.8) is 0 Å². The van der Waals surface area contributed by atoms with Crippen LogP contribution in [0.1, 0.15) is 17.3 Å². The van der Waals surface area contributed by atoms with Crippen LogP contribution in [0.2, 0.25) is 0 Å². The number of ether oxygens (including phenoxy) is 1. The molecule has 0 aliphatic carbocycles. The molecule has 1 aromatic carbocycles. The maximum absolute atomic E-state index is 11.9. The third-order valence-corrected chi connectivity index (χ3v) is 3.31. The normalized spacial score (nSPS) is 10.4. The van der Waals surface area contributed by atoms with E-state index in [1.807, 2.05) is 42.1 Å². The third kappa shape index (κ3) is 2.48. The van der Waals surface area contributed by atoms with Crippen LogP contribution in [0.25, 0.3) is 11.1 Å². The summed E-state index contributed by atoms with van der Waals surface area (Å²) in [7, 11) is 1.89. The molecular weight excluding hydrogens is 294 g/mol. The van der Waals surface area contributed by atoms with E-state index in [1.165, 1.54) is 0 Å². The van der Waals surface area contributed by atoms with E-state index in [0.29, 0.717) is 12.2 Å². The van der Waals surface area contributed by atoms with Crippen molar-refractivity contribution in [3.05, 3.63) is 46.7 Å². The second kappa shape index (κ2) is 5.40. The summed E-state index contributed by atoms with van der Waals surface area (Å²) in [6, 6.07) is 7.82. The highest BCUT2D eigenvalue weighted by atomic mass is 79.9. The second-order valence-electron chi connectivity index (χ2n) is 3.95. The molecule has 0 saturated heterocycles. The molecule has 3 nitrogen and oxygen atoms in total. The van der Waals surface area contributed by atoms with Crippen molar-refractivity contribution in [1.82, 2.24) is 4.57 Å². The first-order valence-corrected chi connectivity index (χ1v) is 6.50. The lowest BCUT2D eigenvalue weighted by atomic mass is 10.1. The number of carbonyl (C=O) groups excluding carboxylic acids is 1. The molecule has 2 aromatic rings. The van der Waals surface area contributed by atoms with Crippen LogP contribution in [-0.4, -0.2) is 17.1 Å². The molecule has 1 aromatic heterocycles. The summed E-state index contributed by atoms with van der Waals surface area (Å²) in [5.74, 6) is -0.288. The first kappa shape index (κ1) is 12.9. The maximum atomic E-state index is 11.9. The zero-order valence-corrected chi connectivity index (χ0v) is 11.9. The molecule has 0 unspecified atom stereocenters. The standard InChI is InChI=1S/C14H14BrNO2/c1-3-18-14(17)12-9-16(2)8-11(12)10-6-4-5-7-13(10)15/h4-9H,3H2,1-2H3. The SMILES string of the molecule is CCOC(=O)c1cn(C)cc1-c1ccccc1Br. The first-order chi connectivity index (χ1) is 8.63. The van der Waals surface area contributed by atoms with Gasteiger partial charge >= 0.3 is 5.97 Å². The number of esters is 1. The first-order valence-electron chi connectivity index (χ1n) is 5.71. The Labute approximate surface area is 115 Å². The van der Waals surface area contributed by atoms with Gasteiger partial charge in [0.25, 0.3) is 0 Å². The minimum atomic E-state index is -0.288. The van der Waals surface area contributed by atoms with Crippen LogP contribution in [0.5, 0.6) is 0 Å². The Kier molecular flexibility index (Phi) is 3.87. The summed E-state index contributed by atoms with van der Waals surface area (Å²) in [5, 5.41) is 0. The van der Waals surface area contributed by atoms with Gasteiger partial charge in [0, 0.05) is 29.5 Å². The molecule has 0 saturated carbocycles. The number of aryl methyl sites for hydroxylation is 1. The number of hydrogen-bond donors (Lipinski definition) is 0. The third-order valence-electron chi connectivity index (χ3n) is 2.62. The van der Waals surface area contributed by atoms with Crippen molar-refractivity contribution >= 4 is 21.9 Å². The topological polar surface area (TPSA) is 31.2 Å². The van der Waals surface area contributed by atoms with Gasteiger partial charge in [-0.3, -0.25) is 0 Å². The van der Waals surface area contributed by atoms with Gasteiger partial charge in [-0.1, -0.05) is 34.1 Å². The molecular formula is C14H14BrNO2. The molecule has 0 atom stereocenters. The zero-order chi connectivity index (χ0) is 13.1. The Morgan fingerprint density at radius 3 is 2.67 bits per heavy atom. The Bertz CT molecular complexity index is 575. The lowest BCUT2D eigenvalue weighted by Gasteiger charge is -2.05. The molecule has 0 amide bonds. The van der Waals surface area contributed by atoms with Gasteiger partial charge in [0.2, 0.25) is 0 Å². The number of rotatable bonds is 3. The van der Waals surface area contributed by atoms with Crippen molar-refractivity contribution in [1.29, 1.82) is 0 Å². The monoisotopic (exact) mass is 307 g/mol. The largest absolute Gasteiger partial charge is 0.462 e. The second-order valence-corrected chi connectivity index (χ2v) is 4.81. The van der Waals surface area contributed by atoms with Crippen LogP contribution in [0.15, 0.2) is 41.1 Å². The van der Waals surface area contributed by atoms with E-state index in [-0.39, 0.29) is 5.97 Å². The molecule has 0 spiro atoms. The van der Waals surface area contributed by atoms with E-state index in [9.17, 15) is 4.79 Å². The number of benzene rings is 1. The highest BCUT2D eigenvalue weighted by Crippen LogP contribution is 2.31. The van der Waals surface area contributed by atoms with Crippen molar-refractivity contribution in [3.8, 4) is 11.1 Å². The summed E-state index contributed by atoms with van der Waals surface area (Å²) in [6.07, 6.45) is 3.71. The van der Waals surface area contributed by atoms with Crippen LogP contribution >= 0.6 is 15.9 Å². The summed E-state index contributed by atoms with van der Waals surface area (Å²) in [6.45, 7) is 2.18. The van der Waals surface area contributed by atoms with Crippen LogP contribution < -0.4 is 0 Å². The van der Waals surface area contributed by atoms with Gasteiger partial charge in [-0.2, -0.15) is 0 Å². The Balaban J connectivity index is 2.51. The van der Waals surface area contributed by atoms with E-state index in [0.717, 1.165) is 15.6 Å². The molecule has 2 rings (SSSR count). The van der Waals surface area contributed by atoms with Crippen LogP contribution in [0, 0.1) is 0 Å². The van der Waals surface area contributed by atoms with E-state index in [1.54, 1.807) is 13.1 Å². The molecule has 0 fully saturated rings. The summed E-state index contributed by atoms with van der Waals surface area (Å²) in [5.41, 5.74) is 2.45. The Hall–Kier alpha value is -1.55. The number of aromatic nitrogens is 1. The fourth-order valence-electron chi connectivity index (χ4n) is 1.85. The fraction of sp³-hybridized carbons (Fsp3) is 0.214. The molecule has 18 heavy (non-hydrogen) atoms. The zero-order valence-electron chi connectivity index (χ0n) is 10.3. The van der Waals surface area contributed by atoms with Gasteiger partial charge in [-0.15, -0.1) is 0 Å². The van der Waals surface area contributed by atoms with E-state index in [4.69, 9.17) is 4.74 Å². The number of carbonyl (C=O) groups is 1. The minimum Gasteiger partial charge on any atom is -0.462 e. The molecule has 0 aliphatic rings. The average molecular weight is 308 g/mol. The molecule has 0 N–H and O–H groups in total. The minimum absolute atomic E-state index is 0.288. The van der Waals surface area contributed by atoms with Crippen LogP contribution in [0.3, 0.4) is 0 Å². The van der Waals surface area contributed by atoms with Gasteiger partial charge in [-0.05, 0) is 18.6 Å². The predicted molar refractivity (Wildman–Crippen MR) is 74.5 cm³/mol. The van der Waals surface area contributed by atoms with E-state index >= 15 is 0 Å². The van der Waals surface area contributed by atoms with Gasteiger partial charge in [0.05, 0.1) is 12.2 Å². The molecule has 0 bridgehead atoms. The lowest BCUT2D eigenvalue weighted by Crippen LogP contribution is -2.04. The number of nitrogens with zero attached hydrogens (tertiary/aromatic N) is 1. The molecule has 0 radical (unpaired) electrons. The van der Waals surface area contributed by atoms with Gasteiger partial charge in [-0.25, -0.2) is 4.79 Å². The fourth-order valence-corrected chi connectivity index (χ4v) is 2.35. The Morgan fingerprint density at radius 1 is 1.28 bits per heavy atom.